The summed E-state index contributed by atoms with van der Waals surface area (Å²) < 4.78 is 0. The largest absolute Gasteiger partial charge is 0.316 e. The highest BCUT2D eigenvalue weighted by molar-refractivity contribution is 5.41. The molecule has 1 heteroatoms. The van der Waals surface area contributed by atoms with Crippen LogP contribution in [0.15, 0.2) is 24.3 Å². The van der Waals surface area contributed by atoms with E-state index in [-0.39, 0.29) is 0 Å². The Labute approximate surface area is 79.2 Å². The van der Waals surface area contributed by atoms with Crippen LogP contribution in [0.2, 0.25) is 0 Å². The van der Waals surface area contributed by atoms with E-state index in [0.717, 1.165) is 5.92 Å². The van der Waals surface area contributed by atoms with E-state index in [0.29, 0.717) is 5.41 Å². The minimum absolute atomic E-state index is 0.533. The lowest BCUT2D eigenvalue weighted by Crippen LogP contribution is -2.19. The Kier molecular flexibility index (Phi) is 1.37. The minimum Gasteiger partial charge on any atom is -0.316 e. The van der Waals surface area contributed by atoms with Crippen LogP contribution in [0.1, 0.15) is 17.5 Å². The van der Waals surface area contributed by atoms with Crippen molar-refractivity contribution in [3.8, 4) is 0 Å². The third-order valence-electron chi connectivity index (χ3n) is 3.74. The lowest BCUT2D eigenvalue weighted by Gasteiger charge is -2.14. The van der Waals surface area contributed by atoms with Gasteiger partial charge in [0.05, 0.1) is 0 Å². The number of fused-ring (bicyclic) bond motifs is 1. The molecule has 68 valence electrons. The molecule has 1 aliphatic heterocycles. The molecule has 0 bridgehead atoms. The summed E-state index contributed by atoms with van der Waals surface area (Å²) in [4.78, 5) is 0. The molecule has 1 nitrogen and oxygen atoms in total. The van der Waals surface area contributed by atoms with Gasteiger partial charge in [0.1, 0.15) is 0 Å². The molecule has 1 saturated carbocycles. The second kappa shape index (κ2) is 2.36. The number of benzene rings is 1. The highest BCUT2D eigenvalue weighted by Gasteiger charge is 2.58. The fourth-order valence-corrected chi connectivity index (χ4v) is 2.89. The number of aryl methyl sites for hydroxylation is 1. The Bertz CT molecular complexity index is 345. The first-order chi connectivity index (χ1) is 6.33. The molecule has 2 fully saturated rings. The van der Waals surface area contributed by atoms with Crippen molar-refractivity contribution in [2.24, 2.45) is 5.92 Å². The van der Waals surface area contributed by atoms with Gasteiger partial charge in [-0.3, -0.25) is 0 Å². The van der Waals surface area contributed by atoms with Gasteiger partial charge in [-0.1, -0.05) is 24.3 Å². The average Bonchev–Trinajstić information content (AvgIpc) is 2.70. The first-order valence-corrected chi connectivity index (χ1v) is 5.10. The highest BCUT2D eigenvalue weighted by atomic mass is 15.0. The molecule has 0 aromatic heterocycles. The summed E-state index contributed by atoms with van der Waals surface area (Å²) in [5.74, 6) is 0.925. The molecule has 0 radical (unpaired) electrons. The Hall–Kier alpha value is -0.820. The van der Waals surface area contributed by atoms with Gasteiger partial charge < -0.3 is 5.32 Å². The summed E-state index contributed by atoms with van der Waals surface area (Å²) >= 11 is 0. The Morgan fingerprint density at radius 1 is 1.38 bits per heavy atom. The zero-order chi connectivity index (χ0) is 8.89. The summed E-state index contributed by atoms with van der Waals surface area (Å²) in [5, 5.41) is 3.49. The van der Waals surface area contributed by atoms with E-state index in [4.69, 9.17) is 0 Å². The Balaban J connectivity index is 2.06. The van der Waals surface area contributed by atoms with E-state index in [2.05, 4.69) is 36.5 Å². The van der Waals surface area contributed by atoms with E-state index < -0.39 is 0 Å². The van der Waals surface area contributed by atoms with Crippen LogP contribution >= 0.6 is 0 Å². The van der Waals surface area contributed by atoms with Gasteiger partial charge in [0, 0.05) is 12.0 Å². The molecule has 1 heterocycles. The van der Waals surface area contributed by atoms with Crippen molar-refractivity contribution in [2.75, 3.05) is 13.1 Å². The second-order valence-electron chi connectivity index (χ2n) is 4.50. The summed E-state index contributed by atoms with van der Waals surface area (Å²) in [6.45, 7) is 4.66. The number of hydrogen-bond acceptors (Lipinski definition) is 1. The molecule has 1 aliphatic carbocycles. The van der Waals surface area contributed by atoms with Crippen LogP contribution in [0.5, 0.6) is 0 Å². The summed E-state index contributed by atoms with van der Waals surface area (Å²) in [6.07, 6.45) is 1.41. The minimum atomic E-state index is 0.533. The van der Waals surface area contributed by atoms with Crippen molar-refractivity contribution in [3.63, 3.8) is 0 Å². The van der Waals surface area contributed by atoms with Gasteiger partial charge in [0.2, 0.25) is 0 Å². The highest BCUT2D eigenvalue weighted by Crippen LogP contribution is 2.56. The van der Waals surface area contributed by atoms with Crippen molar-refractivity contribution in [3.05, 3.63) is 35.4 Å². The molecular weight excluding hydrogens is 158 g/mol. The van der Waals surface area contributed by atoms with Crippen LogP contribution in [0.3, 0.4) is 0 Å². The fraction of sp³-hybridized carbons (Fsp3) is 0.500. The number of piperidine rings is 1. The molecule has 1 aromatic rings. The molecule has 13 heavy (non-hydrogen) atoms. The molecule has 1 aromatic carbocycles. The molecule has 0 spiro atoms. The van der Waals surface area contributed by atoms with Crippen LogP contribution in [0.4, 0.5) is 0 Å². The molecule has 3 rings (SSSR count). The maximum Gasteiger partial charge on any atom is 0.0124 e. The van der Waals surface area contributed by atoms with Crippen LogP contribution < -0.4 is 5.32 Å². The fourth-order valence-electron chi connectivity index (χ4n) is 2.89. The van der Waals surface area contributed by atoms with E-state index >= 15 is 0 Å². The van der Waals surface area contributed by atoms with Crippen molar-refractivity contribution in [2.45, 2.75) is 18.8 Å². The maximum atomic E-state index is 3.49. The van der Waals surface area contributed by atoms with Crippen molar-refractivity contribution < 1.29 is 0 Å². The van der Waals surface area contributed by atoms with Gasteiger partial charge >= 0.3 is 0 Å². The monoisotopic (exact) mass is 173 g/mol. The van der Waals surface area contributed by atoms with Gasteiger partial charge in [-0.15, -0.1) is 0 Å². The predicted molar refractivity (Wildman–Crippen MR) is 53.8 cm³/mol. The summed E-state index contributed by atoms with van der Waals surface area (Å²) in [6, 6.07) is 8.85. The molecule has 0 unspecified atom stereocenters. The van der Waals surface area contributed by atoms with E-state index in [1.54, 1.807) is 5.56 Å². The third kappa shape index (κ3) is 0.910. The van der Waals surface area contributed by atoms with Crippen LogP contribution in [0.25, 0.3) is 0 Å². The number of hydrogen-bond donors (Lipinski definition) is 1. The third-order valence-corrected chi connectivity index (χ3v) is 3.74. The second-order valence-corrected chi connectivity index (χ2v) is 4.50. The van der Waals surface area contributed by atoms with E-state index in [1.807, 2.05) is 0 Å². The molecule has 1 saturated heterocycles. The summed E-state index contributed by atoms with van der Waals surface area (Å²) in [7, 11) is 0. The number of nitrogens with one attached hydrogen (secondary N) is 1. The van der Waals surface area contributed by atoms with Gasteiger partial charge in [0.15, 0.2) is 0 Å². The Morgan fingerprint density at radius 3 is 2.85 bits per heavy atom. The predicted octanol–water partition coefficient (Wildman–Crippen LogP) is 1.86. The van der Waals surface area contributed by atoms with Gasteiger partial charge in [-0.2, -0.15) is 0 Å². The smallest absolute Gasteiger partial charge is 0.0124 e. The van der Waals surface area contributed by atoms with Crippen LogP contribution in [-0.4, -0.2) is 13.1 Å². The van der Waals surface area contributed by atoms with Crippen molar-refractivity contribution >= 4 is 0 Å². The van der Waals surface area contributed by atoms with E-state index in [9.17, 15) is 0 Å². The standard InChI is InChI=1S/C12H15N/c1-9-4-2-3-5-11(9)12-6-10(12)7-13-8-12/h2-5,10,13H,6-8H2,1H3/t10-,12+/m1/s1. The summed E-state index contributed by atoms with van der Waals surface area (Å²) in [5.41, 5.74) is 3.59. The first-order valence-electron chi connectivity index (χ1n) is 5.10. The molecule has 2 atom stereocenters. The molecule has 0 amide bonds. The SMILES string of the molecule is Cc1ccccc1[C@@]12CNC[C@H]1C2. The van der Waals surface area contributed by atoms with Gasteiger partial charge in [-0.25, -0.2) is 0 Å². The van der Waals surface area contributed by atoms with Crippen LogP contribution in [0, 0.1) is 12.8 Å². The van der Waals surface area contributed by atoms with Gasteiger partial charge in [-0.05, 0) is 36.9 Å². The molecule has 1 N–H and O–H groups in total. The lowest BCUT2D eigenvalue weighted by atomic mass is 9.91. The molecular formula is C12H15N. The lowest BCUT2D eigenvalue weighted by molar-refractivity contribution is 0.672. The normalized spacial score (nSPS) is 35.9. The molecule has 2 aliphatic rings. The quantitative estimate of drug-likeness (QED) is 0.683. The maximum absolute atomic E-state index is 3.49. The van der Waals surface area contributed by atoms with Crippen LogP contribution in [-0.2, 0) is 5.41 Å². The van der Waals surface area contributed by atoms with Crippen molar-refractivity contribution in [1.29, 1.82) is 0 Å². The average molecular weight is 173 g/mol. The Morgan fingerprint density at radius 2 is 2.23 bits per heavy atom. The van der Waals surface area contributed by atoms with E-state index in [1.165, 1.54) is 25.1 Å². The van der Waals surface area contributed by atoms with Gasteiger partial charge in [0.25, 0.3) is 0 Å². The van der Waals surface area contributed by atoms with Crippen molar-refractivity contribution in [1.82, 2.24) is 5.32 Å². The zero-order valence-electron chi connectivity index (χ0n) is 8.01. The zero-order valence-corrected chi connectivity index (χ0v) is 8.01. The number of rotatable bonds is 1. The first kappa shape index (κ1) is 7.57. The topological polar surface area (TPSA) is 12.0 Å².